The quantitative estimate of drug-likeness (QED) is 0.620. The number of carbonyl (C=O) groups excluding carboxylic acids is 1. The average Bonchev–Trinajstić information content (AvgIpc) is 2.49. The van der Waals surface area contributed by atoms with E-state index in [0.29, 0.717) is 0 Å². The fraction of sp³-hybridized carbons (Fsp3) is 0.500. The number of thiophene rings is 1. The van der Waals surface area contributed by atoms with E-state index < -0.39 is 0 Å². The molecular formula is C10H13NOS. The van der Waals surface area contributed by atoms with E-state index >= 15 is 0 Å². The van der Waals surface area contributed by atoms with E-state index in [9.17, 15) is 4.79 Å². The van der Waals surface area contributed by atoms with Gasteiger partial charge in [-0.25, -0.2) is 0 Å². The van der Waals surface area contributed by atoms with E-state index in [-0.39, 0.29) is 11.3 Å². The molecule has 1 aromatic heterocycles. The van der Waals surface area contributed by atoms with Crippen LogP contribution in [0.25, 0.3) is 0 Å². The van der Waals surface area contributed by atoms with Gasteiger partial charge < -0.3 is 4.90 Å². The van der Waals surface area contributed by atoms with Gasteiger partial charge in [0.25, 0.3) is 0 Å². The van der Waals surface area contributed by atoms with Crippen molar-refractivity contribution in [3.05, 3.63) is 21.9 Å². The van der Waals surface area contributed by atoms with Gasteiger partial charge in [0.1, 0.15) is 0 Å². The molecule has 2 heterocycles. The fourth-order valence-electron chi connectivity index (χ4n) is 1.91. The predicted octanol–water partition coefficient (Wildman–Crippen LogP) is 2.00. The molecule has 1 aliphatic heterocycles. The SMILES string of the molecule is CN1Cc2cscc2C(C)(C)C1=O. The van der Waals surface area contributed by atoms with Gasteiger partial charge in [0, 0.05) is 13.6 Å². The van der Waals surface area contributed by atoms with Crippen LogP contribution >= 0.6 is 11.3 Å². The summed E-state index contributed by atoms with van der Waals surface area (Å²) in [6.45, 7) is 4.76. The molecule has 70 valence electrons. The highest BCUT2D eigenvalue weighted by molar-refractivity contribution is 7.08. The average molecular weight is 195 g/mol. The van der Waals surface area contributed by atoms with Crippen molar-refractivity contribution in [2.75, 3.05) is 7.05 Å². The van der Waals surface area contributed by atoms with E-state index in [1.54, 1.807) is 16.2 Å². The van der Waals surface area contributed by atoms with Gasteiger partial charge in [0.15, 0.2) is 0 Å². The van der Waals surface area contributed by atoms with E-state index in [4.69, 9.17) is 0 Å². The maximum absolute atomic E-state index is 11.8. The van der Waals surface area contributed by atoms with Gasteiger partial charge in [-0.05, 0) is 35.7 Å². The van der Waals surface area contributed by atoms with Crippen molar-refractivity contribution >= 4 is 17.2 Å². The smallest absolute Gasteiger partial charge is 0.232 e. The minimum absolute atomic E-state index is 0.221. The topological polar surface area (TPSA) is 20.3 Å². The second kappa shape index (κ2) is 2.58. The van der Waals surface area contributed by atoms with Crippen LogP contribution in [0.5, 0.6) is 0 Å². The molecule has 2 rings (SSSR count). The largest absolute Gasteiger partial charge is 0.341 e. The lowest BCUT2D eigenvalue weighted by Crippen LogP contribution is -2.45. The van der Waals surface area contributed by atoms with Gasteiger partial charge in [0.05, 0.1) is 5.41 Å². The van der Waals surface area contributed by atoms with Crippen molar-refractivity contribution in [2.24, 2.45) is 0 Å². The molecule has 0 saturated heterocycles. The molecule has 13 heavy (non-hydrogen) atoms. The molecule has 0 aliphatic carbocycles. The lowest BCUT2D eigenvalue weighted by Gasteiger charge is -2.35. The van der Waals surface area contributed by atoms with Gasteiger partial charge >= 0.3 is 0 Å². The molecule has 0 saturated carbocycles. The Kier molecular flexibility index (Phi) is 1.74. The van der Waals surface area contributed by atoms with Crippen LogP contribution in [0, 0.1) is 0 Å². The van der Waals surface area contributed by atoms with Crippen molar-refractivity contribution < 1.29 is 4.79 Å². The Morgan fingerprint density at radius 1 is 1.46 bits per heavy atom. The van der Waals surface area contributed by atoms with Crippen molar-refractivity contribution in [1.29, 1.82) is 0 Å². The minimum Gasteiger partial charge on any atom is -0.341 e. The van der Waals surface area contributed by atoms with E-state index in [1.807, 2.05) is 20.9 Å². The maximum Gasteiger partial charge on any atom is 0.232 e. The second-order valence-electron chi connectivity index (χ2n) is 4.10. The molecule has 0 fully saturated rings. The second-order valence-corrected chi connectivity index (χ2v) is 4.84. The van der Waals surface area contributed by atoms with E-state index in [0.717, 1.165) is 6.54 Å². The first kappa shape index (κ1) is 8.75. The third kappa shape index (κ3) is 1.10. The zero-order chi connectivity index (χ0) is 9.64. The summed E-state index contributed by atoms with van der Waals surface area (Å²) < 4.78 is 0. The van der Waals surface area contributed by atoms with Crippen LogP contribution < -0.4 is 0 Å². The number of amides is 1. The van der Waals surface area contributed by atoms with Gasteiger partial charge in [-0.3, -0.25) is 4.79 Å². The normalized spacial score (nSPS) is 20.2. The molecule has 0 unspecified atom stereocenters. The highest BCUT2D eigenvalue weighted by Gasteiger charge is 2.38. The summed E-state index contributed by atoms with van der Waals surface area (Å²) in [6.07, 6.45) is 0. The third-order valence-electron chi connectivity index (χ3n) is 2.70. The Hall–Kier alpha value is -0.830. The number of likely N-dealkylation sites (N-methyl/N-ethyl adjacent to an activating group) is 1. The standard InChI is InChI=1S/C10H13NOS/c1-10(2)8-6-13-5-7(8)4-11(3)9(10)12/h5-6H,4H2,1-3H3. The molecule has 0 N–H and O–H groups in total. The first-order valence-electron chi connectivity index (χ1n) is 4.34. The molecule has 3 heteroatoms. The summed E-state index contributed by atoms with van der Waals surface area (Å²) in [4.78, 5) is 13.6. The van der Waals surface area contributed by atoms with Gasteiger partial charge in [0.2, 0.25) is 5.91 Å². The van der Waals surface area contributed by atoms with Crippen LogP contribution in [0.2, 0.25) is 0 Å². The zero-order valence-corrected chi connectivity index (χ0v) is 8.94. The molecule has 0 spiro atoms. The molecule has 1 amide bonds. The third-order valence-corrected chi connectivity index (χ3v) is 3.50. The van der Waals surface area contributed by atoms with E-state index in [2.05, 4.69) is 10.8 Å². The molecule has 2 nitrogen and oxygen atoms in total. The minimum atomic E-state index is -0.331. The maximum atomic E-state index is 11.8. The number of carbonyl (C=O) groups is 1. The first-order valence-corrected chi connectivity index (χ1v) is 5.29. The van der Waals surface area contributed by atoms with Crippen LogP contribution in [0.4, 0.5) is 0 Å². The van der Waals surface area contributed by atoms with Gasteiger partial charge in [-0.2, -0.15) is 11.3 Å². The van der Waals surface area contributed by atoms with Crippen LogP contribution in [0.15, 0.2) is 10.8 Å². The van der Waals surface area contributed by atoms with Crippen LogP contribution in [0.1, 0.15) is 25.0 Å². The summed E-state index contributed by atoms with van der Waals surface area (Å²) in [5.41, 5.74) is 2.18. The van der Waals surface area contributed by atoms with Crippen molar-refractivity contribution in [1.82, 2.24) is 4.90 Å². The Balaban J connectivity index is 2.56. The number of fused-ring (bicyclic) bond motifs is 1. The summed E-state index contributed by atoms with van der Waals surface area (Å²) in [6, 6.07) is 0. The number of rotatable bonds is 0. The summed E-state index contributed by atoms with van der Waals surface area (Å²) in [5.74, 6) is 0.221. The number of hydrogen-bond acceptors (Lipinski definition) is 2. The molecule has 0 atom stereocenters. The van der Waals surface area contributed by atoms with Gasteiger partial charge in [-0.15, -0.1) is 0 Å². The monoisotopic (exact) mass is 195 g/mol. The molecule has 0 radical (unpaired) electrons. The lowest BCUT2D eigenvalue weighted by molar-refractivity contribution is -0.136. The van der Waals surface area contributed by atoms with Crippen LogP contribution in [0.3, 0.4) is 0 Å². The predicted molar refractivity (Wildman–Crippen MR) is 53.8 cm³/mol. The van der Waals surface area contributed by atoms with Crippen LogP contribution in [-0.2, 0) is 16.8 Å². The summed E-state index contributed by atoms with van der Waals surface area (Å²) in [5, 5.41) is 4.24. The summed E-state index contributed by atoms with van der Waals surface area (Å²) >= 11 is 1.68. The zero-order valence-electron chi connectivity index (χ0n) is 8.13. The Bertz CT molecular complexity index is 354. The molecule has 1 aromatic rings. The van der Waals surface area contributed by atoms with E-state index in [1.165, 1.54) is 11.1 Å². The lowest BCUT2D eigenvalue weighted by atomic mass is 9.80. The fourth-order valence-corrected chi connectivity index (χ4v) is 2.93. The molecule has 0 bridgehead atoms. The Labute approximate surface area is 82.2 Å². The number of hydrogen-bond donors (Lipinski definition) is 0. The highest BCUT2D eigenvalue weighted by atomic mass is 32.1. The highest BCUT2D eigenvalue weighted by Crippen LogP contribution is 2.35. The summed E-state index contributed by atoms with van der Waals surface area (Å²) in [7, 11) is 1.87. The Morgan fingerprint density at radius 2 is 2.15 bits per heavy atom. The van der Waals surface area contributed by atoms with Crippen molar-refractivity contribution in [3.8, 4) is 0 Å². The van der Waals surface area contributed by atoms with Crippen molar-refractivity contribution in [3.63, 3.8) is 0 Å². The van der Waals surface area contributed by atoms with Crippen LogP contribution in [-0.4, -0.2) is 17.9 Å². The van der Waals surface area contributed by atoms with Gasteiger partial charge in [-0.1, -0.05) is 0 Å². The molecule has 1 aliphatic rings. The Morgan fingerprint density at radius 3 is 2.85 bits per heavy atom. The first-order chi connectivity index (χ1) is 6.03. The molecule has 0 aromatic carbocycles. The number of nitrogens with zero attached hydrogens (tertiary/aromatic N) is 1. The van der Waals surface area contributed by atoms with Crippen molar-refractivity contribution in [2.45, 2.75) is 25.8 Å². The molecular weight excluding hydrogens is 182 g/mol.